The summed E-state index contributed by atoms with van der Waals surface area (Å²) in [5.74, 6) is -0.377. The molecule has 1 aliphatic carbocycles. The standard InChI is InChI=1S/C16H20N4O2/c1-10-8-14-17-9-13(16(22)20(14)19-10)15(21)18-11(2)12-6-4-3-5-7-12/h6,8-9,11,19H,3-5,7H2,1-2H3,(H,18,21). The maximum absolute atomic E-state index is 12.4. The number of hydrogen-bond donors (Lipinski definition) is 2. The zero-order chi connectivity index (χ0) is 15.7. The third kappa shape index (κ3) is 2.68. The van der Waals surface area contributed by atoms with Crippen LogP contribution < -0.4 is 10.9 Å². The lowest BCUT2D eigenvalue weighted by molar-refractivity contribution is 0.0942. The van der Waals surface area contributed by atoms with E-state index in [1.54, 1.807) is 6.07 Å². The van der Waals surface area contributed by atoms with Gasteiger partial charge < -0.3 is 5.32 Å². The molecule has 6 heteroatoms. The number of allylic oxidation sites excluding steroid dienone is 1. The van der Waals surface area contributed by atoms with E-state index in [9.17, 15) is 9.59 Å². The van der Waals surface area contributed by atoms with Crippen LogP contribution in [0.3, 0.4) is 0 Å². The number of H-pyrrole nitrogens is 1. The number of nitrogens with one attached hydrogen (secondary N) is 2. The van der Waals surface area contributed by atoms with Gasteiger partial charge in [-0.15, -0.1) is 0 Å². The first kappa shape index (κ1) is 14.6. The topological polar surface area (TPSA) is 79.3 Å². The molecule has 0 saturated carbocycles. The molecule has 0 saturated heterocycles. The lowest BCUT2D eigenvalue weighted by Crippen LogP contribution is -2.38. The van der Waals surface area contributed by atoms with Crippen LogP contribution >= 0.6 is 0 Å². The third-order valence-electron chi connectivity index (χ3n) is 4.10. The van der Waals surface area contributed by atoms with E-state index in [0.717, 1.165) is 25.0 Å². The summed E-state index contributed by atoms with van der Waals surface area (Å²) in [6.07, 6.45) is 7.97. The number of amides is 1. The lowest BCUT2D eigenvalue weighted by Gasteiger charge is -2.20. The highest BCUT2D eigenvalue weighted by atomic mass is 16.2. The quantitative estimate of drug-likeness (QED) is 0.850. The first-order valence-electron chi connectivity index (χ1n) is 7.63. The molecule has 2 heterocycles. The Bertz CT molecular complexity index is 800. The molecule has 0 aromatic carbocycles. The summed E-state index contributed by atoms with van der Waals surface area (Å²) >= 11 is 0. The zero-order valence-corrected chi connectivity index (χ0v) is 12.8. The van der Waals surface area contributed by atoms with Crippen LogP contribution in [0.5, 0.6) is 0 Å². The van der Waals surface area contributed by atoms with Crippen LogP contribution in [0.2, 0.25) is 0 Å². The molecule has 0 aliphatic heterocycles. The van der Waals surface area contributed by atoms with Crippen LogP contribution in [-0.2, 0) is 0 Å². The number of aromatic amines is 1. The largest absolute Gasteiger partial charge is 0.346 e. The second kappa shape index (κ2) is 5.79. The van der Waals surface area contributed by atoms with Crippen LogP contribution in [0.25, 0.3) is 5.65 Å². The summed E-state index contributed by atoms with van der Waals surface area (Å²) in [6, 6.07) is 1.71. The van der Waals surface area contributed by atoms with Gasteiger partial charge in [0.25, 0.3) is 11.5 Å². The molecule has 6 nitrogen and oxygen atoms in total. The van der Waals surface area contributed by atoms with Crippen LogP contribution in [0, 0.1) is 6.92 Å². The predicted molar refractivity (Wildman–Crippen MR) is 84.0 cm³/mol. The Morgan fingerprint density at radius 2 is 2.27 bits per heavy atom. The van der Waals surface area contributed by atoms with Crippen molar-refractivity contribution in [2.45, 2.75) is 45.6 Å². The van der Waals surface area contributed by atoms with Crippen molar-refractivity contribution in [2.75, 3.05) is 0 Å². The Morgan fingerprint density at radius 3 is 3.00 bits per heavy atom. The molecule has 1 amide bonds. The van der Waals surface area contributed by atoms with Crippen molar-refractivity contribution in [3.05, 3.63) is 45.5 Å². The lowest BCUT2D eigenvalue weighted by atomic mass is 9.94. The number of carbonyl (C=O) groups excluding carboxylic acids is 1. The molecule has 2 aromatic rings. The summed E-state index contributed by atoms with van der Waals surface area (Å²) in [7, 11) is 0. The molecular weight excluding hydrogens is 280 g/mol. The Hall–Kier alpha value is -2.37. The van der Waals surface area contributed by atoms with Gasteiger partial charge in [-0.05, 0) is 39.5 Å². The SMILES string of the molecule is Cc1cc2ncc(C(=O)NC(C)C3=CCCCC3)c(=O)n2[nH]1. The zero-order valence-electron chi connectivity index (χ0n) is 12.8. The van der Waals surface area contributed by atoms with Crippen LogP contribution in [0.15, 0.2) is 28.7 Å². The van der Waals surface area contributed by atoms with Gasteiger partial charge in [0.15, 0.2) is 5.65 Å². The number of nitrogens with zero attached hydrogens (tertiary/aromatic N) is 2. The first-order valence-corrected chi connectivity index (χ1v) is 7.63. The molecule has 0 spiro atoms. The van der Waals surface area contributed by atoms with Crippen molar-refractivity contribution in [1.82, 2.24) is 19.9 Å². The Morgan fingerprint density at radius 1 is 1.45 bits per heavy atom. The molecule has 116 valence electrons. The van der Waals surface area contributed by atoms with Crippen LogP contribution in [-0.4, -0.2) is 26.5 Å². The number of hydrogen-bond acceptors (Lipinski definition) is 3. The monoisotopic (exact) mass is 300 g/mol. The molecule has 1 unspecified atom stereocenters. The van der Waals surface area contributed by atoms with Crippen molar-refractivity contribution in [3.63, 3.8) is 0 Å². The summed E-state index contributed by atoms with van der Waals surface area (Å²) in [4.78, 5) is 28.9. The number of rotatable bonds is 3. The predicted octanol–water partition coefficient (Wildman–Crippen LogP) is 1.95. The minimum Gasteiger partial charge on any atom is -0.346 e. The second-order valence-electron chi connectivity index (χ2n) is 5.83. The molecule has 0 fully saturated rings. The van der Waals surface area contributed by atoms with E-state index in [0.29, 0.717) is 5.65 Å². The minimum atomic E-state index is -0.377. The van der Waals surface area contributed by atoms with E-state index in [-0.39, 0.29) is 23.1 Å². The fourth-order valence-electron chi connectivity index (χ4n) is 2.86. The van der Waals surface area contributed by atoms with Gasteiger partial charge in [0.1, 0.15) is 5.56 Å². The number of fused-ring (bicyclic) bond motifs is 1. The number of aryl methyl sites for hydroxylation is 1. The molecule has 3 rings (SSSR count). The summed E-state index contributed by atoms with van der Waals surface area (Å²) < 4.78 is 1.30. The van der Waals surface area contributed by atoms with Gasteiger partial charge >= 0.3 is 0 Å². The van der Waals surface area contributed by atoms with Crippen molar-refractivity contribution in [3.8, 4) is 0 Å². The normalized spacial score (nSPS) is 16.4. The third-order valence-corrected chi connectivity index (χ3v) is 4.10. The molecule has 1 aliphatic rings. The molecule has 1 atom stereocenters. The van der Waals surface area contributed by atoms with Gasteiger partial charge in [-0.2, -0.15) is 0 Å². The Balaban J connectivity index is 1.84. The Kier molecular flexibility index (Phi) is 3.83. The first-order chi connectivity index (χ1) is 10.6. The van der Waals surface area contributed by atoms with Crippen molar-refractivity contribution in [2.24, 2.45) is 0 Å². The van der Waals surface area contributed by atoms with E-state index in [4.69, 9.17) is 0 Å². The summed E-state index contributed by atoms with van der Waals surface area (Å²) in [6.45, 7) is 3.79. The fourth-order valence-corrected chi connectivity index (χ4v) is 2.86. The molecule has 0 bridgehead atoms. The van der Waals surface area contributed by atoms with Gasteiger partial charge in [0.2, 0.25) is 0 Å². The van der Waals surface area contributed by atoms with Crippen LogP contribution in [0.1, 0.15) is 48.7 Å². The Labute approximate surface area is 128 Å². The molecular formula is C16H20N4O2. The van der Waals surface area contributed by atoms with Gasteiger partial charge in [0, 0.05) is 24.0 Å². The van der Waals surface area contributed by atoms with E-state index < -0.39 is 0 Å². The van der Waals surface area contributed by atoms with Gasteiger partial charge in [-0.1, -0.05) is 11.6 Å². The fraction of sp³-hybridized carbons (Fsp3) is 0.438. The van der Waals surface area contributed by atoms with E-state index >= 15 is 0 Å². The maximum atomic E-state index is 12.4. The van der Waals surface area contributed by atoms with Crippen molar-refractivity contribution >= 4 is 11.6 Å². The number of carbonyl (C=O) groups is 1. The average Bonchev–Trinajstić information content (AvgIpc) is 2.90. The highest BCUT2D eigenvalue weighted by Gasteiger charge is 2.18. The van der Waals surface area contributed by atoms with E-state index in [2.05, 4.69) is 21.5 Å². The number of aromatic nitrogens is 3. The summed E-state index contributed by atoms with van der Waals surface area (Å²) in [5.41, 5.74) is 2.26. The van der Waals surface area contributed by atoms with Gasteiger partial charge in [-0.25, -0.2) is 9.50 Å². The average molecular weight is 300 g/mol. The van der Waals surface area contributed by atoms with Crippen molar-refractivity contribution in [1.29, 1.82) is 0 Å². The second-order valence-corrected chi connectivity index (χ2v) is 5.83. The highest BCUT2D eigenvalue weighted by Crippen LogP contribution is 2.20. The van der Waals surface area contributed by atoms with E-state index in [1.165, 1.54) is 22.7 Å². The minimum absolute atomic E-state index is 0.0572. The maximum Gasteiger partial charge on any atom is 0.285 e. The van der Waals surface area contributed by atoms with Crippen molar-refractivity contribution < 1.29 is 4.79 Å². The molecule has 22 heavy (non-hydrogen) atoms. The molecule has 2 N–H and O–H groups in total. The smallest absolute Gasteiger partial charge is 0.285 e. The van der Waals surface area contributed by atoms with Gasteiger partial charge in [-0.3, -0.25) is 14.7 Å². The highest BCUT2D eigenvalue weighted by molar-refractivity contribution is 5.94. The summed E-state index contributed by atoms with van der Waals surface area (Å²) in [5, 5.41) is 5.79. The molecule has 2 aromatic heterocycles. The van der Waals surface area contributed by atoms with Gasteiger partial charge in [0.05, 0.1) is 0 Å². The van der Waals surface area contributed by atoms with Crippen LogP contribution in [0.4, 0.5) is 0 Å². The van der Waals surface area contributed by atoms with E-state index in [1.807, 2.05) is 13.8 Å². The molecule has 0 radical (unpaired) electrons.